The zero-order chi connectivity index (χ0) is 24.5. The molecule has 3 heterocycles. The van der Waals surface area contributed by atoms with Gasteiger partial charge in [0.25, 0.3) is 0 Å². The maximum absolute atomic E-state index is 11.9. The maximum atomic E-state index is 11.9. The summed E-state index contributed by atoms with van der Waals surface area (Å²) >= 11 is 5.87. The number of hydrogen-bond donors (Lipinski definition) is 1. The Bertz CT molecular complexity index is 1380. The Morgan fingerprint density at radius 2 is 1.74 bits per heavy atom. The van der Waals surface area contributed by atoms with Crippen molar-refractivity contribution in [3.63, 3.8) is 0 Å². The number of rotatable bonds is 5. The Kier molecular flexibility index (Phi) is 6.09. The summed E-state index contributed by atoms with van der Waals surface area (Å²) in [5, 5.41) is 4.18. The molecule has 1 fully saturated rings. The summed E-state index contributed by atoms with van der Waals surface area (Å²) in [4.78, 5) is 18.7. The van der Waals surface area contributed by atoms with E-state index in [9.17, 15) is 4.79 Å². The average Bonchev–Trinajstić information content (AvgIpc) is 3.50. The van der Waals surface area contributed by atoms with Crippen LogP contribution in [0.3, 0.4) is 0 Å². The molecule has 1 aliphatic rings. The van der Waals surface area contributed by atoms with E-state index in [1.165, 1.54) is 18.2 Å². The number of aromatic nitrogens is 2. The molecule has 0 radical (unpaired) electrons. The monoisotopic (exact) mass is 482 g/mol. The summed E-state index contributed by atoms with van der Waals surface area (Å²) in [5.74, 6) is -0.356. The van der Waals surface area contributed by atoms with E-state index in [0.717, 1.165) is 22.8 Å². The molecule has 5 rings (SSSR count). The van der Waals surface area contributed by atoms with Crippen molar-refractivity contribution in [3.05, 3.63) is 113 Å². The highest BCUT2D eigenvalue weighted by molar-refractivity contribution is 7.80. The van der Waals surface area contributed by atoms with Gasteiger partial charge in [-0.1, -0.05) is 12.1 Å². The van der Waals surface area contributed by atoms with Crippen LogP contribution < -0.4 is 10.2 Å². The first-order valence-corrected chi connectivity index (χ1v) is 11.8. The molecule has 6 nitrogen and oxygen atoms in total. The molecular weight excluding hydrogens is 456 g/mol. The Morgan fingerprint density at radius 1 is 0.971 bits per heavy atom. The number of benzene rings is 2. The summed E-state index contributed by atoms with van der Waals surface area (Å²) in [7, 11) is 1.38. The Labute approximate surface area is 210 Å². The van der Waals surface area contributed by atoms with Crippen molar-refractivity contribution in [2.24, 2.45) is 0 Å². The smallest absolute Gasteiger partial charge is 0.337 e. The third kappa shape index (κ3) is 4.19. The highest BCUT2D eigenvalue weighted by Crippen LogP contribution is 2.42. The van der Waals surface area contributed by atoms with Crippen LogP contribution in [0.5, 0.6) is 0 Å². The molecule has 4 aromatic rings. The molecule has 0 bridgehead atoms. The standard InChI is InChI=1S/C28H26N4O2S/c1-18-9-12-22(17-19(18)2)32-26(25(30-28(32)35)23-7-4-5-15-29-23)24-8-6-16-31(24)21-13-10-20(11-14-21)27(33)34-3/h4-17,25-26H,1-3H3,(H,30,35)/t25-,26-/m1/s1. The van der Waals surface area contributed by atoms with Crippen LogP contribution in [0.15, 0.2) is 85.2 Å². The minimum absolute atomic E-state index is 0.144. The van der Waals surface area contributed by atoms with Crippen LogP contribution in [0.25, 0.3) is 5.69 Å². The molecule has 2 atom stereocenters. The summed E-state index contributed by atoms with van der Waals surface area (Å²) in [5.41, 5.74) is 6.89. The number of esters is 1. The first-order valence-electron chi connectivity index (χ1n) is 11.4. The SMILES string of the molecule is COC(=O)c1ccc(-n2cccc2[C@@H]2[C@@H](c3ccccn3)NC(=S)N2c2ccc(C)c(C)c2)cc1. The molecule has 0 unspecified atom stereocenters. The summed E-state index contributed by atoms with van der Waals surface area (Å²) in [6.45, 7) is 4.22. The van der Waals surface area contributed by atoms with Crippen LogP contribution in [-0.4, -0.2) is 27.7 Å². The number of anilines is 1. The van der Waals surface area contributed by atoms with E-state index < -0.39 is 0 Å². The average molecular weight is 483 g/mol. The number of methoxy groups -OCH3 is 1. The predicted molar refractivity (Wildman–Crippen MR) is 141 cm³/mol. The van der Waals surface area contributed by atoms with Gasteiger partial charge in [0.15, 0.2) is 5.11 Å². The van der Waals surface area contributed by atoms with Gasteiger partial charge in [0.05, 0.1) is 24.4 Å². The van der Waals surface area contributed by atoms with E-state index in [1.54, 1.807) is 18.3 Å². The van der Waals surface area contributed by atoms with Crippen molar-refractivity contribution in [2.75, 3.05) is 12.0 Å². The maximum Gasteiger partial charge on any atom is 0.337 e. The van der Waals surface area contributed by atoms with Crippen LogP contribution in [0.1, 0.15) is 45.0 Å². The first kappa shape index (κ1) is 22.8. The lowest BCUT2D eigenvalue weighted by molar-refractivity contribution is 0.0600. The number of pyridine rings is 1. The Hall–Kier alpha value is -3.97. The molecule has 176 valence electrons. The summed E-state index contributed by atoms with van der Waals surface area (Å²) < 4.78 is 6.98. The number of aryl methyl sites for hydroxylation is 2. The minimum atomic E-state index is -0.356. The number of hydrogen-bond acceptors (Lipinski definition) is 4. The van der Waals surface area contributed by atoms with Crippen LogP contribution >= 0.6 is 12.2 Å². The van der Waals surface area contributed by atoms with Crippen LogP contribution in [0.4, 0.5) is 5.69 Å². The van der Waals surface area contributed by atoms with E-state index >= 15 is 0 Å². The molecule has 1 aliphatic heterocycles. The lowest BCUT2D eigenvalue weighted by atomic mass is 10.00. The third-order valence-corrected chi connectivity index (χ3v) is 6.83. The second kappa shape index (κ2) is 9.35. The third-order valence-electron chi connectivity index (χ3n) is 6.52. The van der Waals surface area contributed by atoms with Gasteiger partial charge in [0.2, 0.25) is 0 Å². The number of thiocarbonyl (C=S) groups is 1. The van der Waals surface area contributed by atoms with Gasteiger partial charge in [-0.05, 0) is 97.9 Å². The van der Waals surface area contributed by atoms with Crippen LogP contribution in [0, 0.1) is 13.8 Å². The highest BCUT2D eigenvalue weighted by atomic mass is 32.1. The van der Waals surface area contributed by atoms with E-state index in [-0.39, 0.29) is 18.1 Å². The fourth-order valence-corrected chi connectivity index (χ4v) is 4.90. The zero-order valence-electron chi connectivity index (χ0n) is 19.8. The quantitative estimate of drug-likeness (QED) is 0.301. The van der Waals surface area contributed by atoms with Gasteiger partial charge in [0.1, 0.15) is 6.04 Å². The second-order valence-electron chi connectivity index (χ2n) is 8.61. The second-order valence-corrected chi connectivity index (χ2v) is 8.99. The molecule has 1 saturated heterocycles. The van der Waals surface area contributed by atoms with Crippen molar-refractivity contribution in [1.82, 2.24) is 14.9 Å². The van der Waals surface area contributed by atoms with Gasteiger partial charge < -0.3 is 19.5 Å². The van der Waals surface area contributed by atoms with E-state index in [4.69, 9.17) is 17.0 Å². The van der Waals surface area contributed by atoms with Crippen LogP contribution in [-0.2, 0) is 4.74 Å². The molecule has 2 aromatic heterocycles. The van der Waals surface area contributed by atoms with Crippen molar-refractivity contribution in [1.29, 1.82) is 0 Å². The Balaban J connectivity index is 1.63. The molecule has 0 aliphatic carbocycles. The number of nitrogens with zero attached hydrogens (tertiary/aromatic N) is 3. The zero-order valence-corrected chi connectivity index (χ0v) is 20.6. The van der Waals surface area contributed by atoms with E-state index in [0.29, 0.717) is 10.7 Å². The lowest BCUT2D eigenvalue weighted by Gasteiger charge is -2.29. The van der Waals surface area contributed by atoms with Crippen molar-refractivity contribution in [2.45, 2.75) is 25.9 Å². The first-order chi connectivity index (χ1) is 17.0. The van der Waals surface area contributed by atoms with Gasteiger partial charge in [-0.15, -0.1) is 0 Å². The molecule has 0 amide bonds. The van der Waals surface area contributed by atoms with Gasteiger partial charge in [-0.3, -0.25) is 4.98 Å². The van der Waals surface area contributed by atoms with Crippen molar-refractivity contribution < 1.29 is 9.53 Å². The molecule has 35 heavy (non-hydrogen) atoms. The Morgan fingerprint density at radius 3 is 2.43 bits per heavy atom. The summed E-state index contributed by atoms with van der Waals surface area (Å²) in [6, 6.07) is 23.6. The normalized spacial score (nSPS) is 17.3. The largest absolute Gasteiger partial charge is 0.465 e. The summed E-state index contributed by atoms with van der Waals surface area (Å²) in [6.07, 6.45) is 3.83. The van der Waals surface area contributed by atoms with Crippen LogP contribution in [0.2, 0.25) is 0 Å². The van der Waals surface area contributed by atoms with Crippen molar-refractivity contribution in [3.8, 4) is 5.69 Å². The number of ether oxygens (including phenoxy) is 1. The molecule has 0 spiro atoms. The van der Waals surface area contributed by atoms with E-state index in [1.807, 2.05) is 42.6 Å². The van der Waals surface area contributed by atoms with Gasteiger partial charge >= 0.3 is 5.97 Å². The highest BCUT2D eigenvalue weighted by Gasteiger charge is 2.42. The molecule has 1 N–H and O–H groups in total. The fraction of sp³-hybridized carbons (Fsp3) is 0.179. The molecule has 2 aromatic carbocycles. The molecular formula is C28H26N4O2S. The molecule has 0 saturated carbocycles. The van der Waals surface area contributed by atoms with Gasteiger partial charge in [0, 0.05) is 29.5 Å². The van der Waals surface area contributed by atoms with Gasteiger partial charge in [-0.2, -0.15) is 0 Å². The lowest BCUT2D eigenvalue weighted by Crippen LogP contribution is -2.30. The fourth-order valence-electron chi connectivity index (χ4n) is 4.56. The number of carbonyl (C=O) groups is 1. The number of nitrogens with one attached hydrogen (secondary N) is 1. The van der Waals surface area contributed by atoms with Gasteiger partial charge in [-0.25, -0.2) is 4.79 Å². The topological polar surface area (TPSA) is 59.4 Å². The van der Waals surface area contributed by atoms with E-state index in [2.05, 4.69) is 57.9 Å². The minimum Gasteiger partial charge on any atom is -0.465 e. The molecule has 7 heteroatoms. The number of carbonyl (C=O) groups excluding carboxylic acids is 1. The van der Waals surface area contributed by atoms with Crippen molar-refractivity contribution >= 4 is 29.0 Å². The predicted octanol–water partition coefficient (Wildman–Crippen LogP) is 5.45.